The highest BCUT2D eigenvalue weighted by atomic mass is 79.9. The van der Waals surface area contributed by atoms with Gasteiger partial charge in [0.2, 0.25) is 5.91 Å². The molecule has 1 aliphatic heterocycles. The first-order valence-corrected chi connectivity index (χ1v) is 6.63. The van der Waals surface area contributed by atoms with Crippen LogP contribution in [0.25, 0.3) is 0 Å². The molecule has 1 aromatic rings. The van der Waals surface area contributed by atoms with Crippen molar-refractivity contribution in [2.24, 2.45) is 10.2 Å². The van der Waals surface area contributed by atoms with E-state index in [2.05, 4.69) is 31.4 Å². The Balaban J connectivity index is 2.24. The number of carbonyl (C=O) groups is 1. The summed E-state index contributed by atoms with van der Waals surface area (Å²) < 4.78 is 39.7. The summed E-state index contributed by atoms with van der Waals surface area (Å²) in [5.74, 6) is -3.56. The lowest BCUT2D eigenvalue weighted by Gasteiger charge is -2.01. The van der Waals surface area contributed by atoms with Crippen molar-refractivity contribution in [2.75, 3.05) is 5.75 Å². The molecule has 1 aliphatic rings. The molecule has 1 amide bonds. The minimum atomic E-state index is -1.36. The van der Waals surface area contributed by atoms with Crippen molar-refractivity contribution in [3.8, 4) is 0 Å². The van der Waals surface area contributed by atoms with Gasteiger partial charge in [0.25, 0.3) is 0 Å². The lowest BCUT2D eigenvalue weighted by molar-refractivity contribution is -0.116. The predicted octanol–water partition coefficient (Wildman–Crippen LogP) is 2.42. The van der Waals surface area contributed by atoms with Crippen LogP contribution in [0, 0.1) is 17.5 Å². The van der Waals surface area contributed by atoms with Crippen LogP contribution in [0.1, 0.15) is 5.56 Å². The molecule has 0 aromatic heterocycles. The summed E-state index contributed by atoms with van der Waals surface area (Å²) in [4.78, 5) is 10.8. The molecule has 1 heterocycles. The van der Waals surface area contributed by atoms with E-state index in [1.165, 1.54) is 0 Å². The zero-order chi connectivity index (χ0) is 14.0. The molecule has 1 fully saturated rings. The minimum absolute atomic E-state index is 0.212. The number of thioether (sulfide) groups is 1. The first kappa shape index (κ1) is 14.1. The highest BCUT2D eigenvalue weighted by Gasteiger charge is 2.17. The van der Waals surface area contributed by atoms with Crippen LogP contribution in [0.2, 0.25) is 0 Å². The molecular formula is C10H5BrF3N3OS. The van der Waals surface area contributed by atoms with Crippen LogP contribution in [0.5, 0.6) is 0 Å². The summed E-state index contributed by atoms with van der Waals surface area (Å²) in [5.41, 5.74) is -0.639. The van der Waals surface area contributed by atoms with Gasteiger partial charge in [0, 0.05) is 0 Å². The highest BCUT2D eigenvalue weighted by molar-refractivity contribution is 9.10. The Morgan fingerprint density at radius 3 is 2.74 bits per heavy atom. The maximum absolute atomic E-state index is 13.4. The number of hydrogen-bond donors (Lipinski definition) is 1. The van der Waals surface area contributed by atoms with Gasteiger partial charge in [-0.1, -0.05) is 11.8 Å². The number of halogens is 4. The SMILES string of the molecule is O=C1CSC(=NN=Cc2c(F)cc(Br)c(F)c2F)N1. The average Bonchev–Trinajstić information content (AvgIpc) is 2.77. The number of amidine groups is 1. The highest BCUT2D eigenvalue weighted by Crippen LogP contribution is 2.23. The van der Waals surface area contributed by atoms with Crippen LogP contribution in [-0.4, -0.2) is 23.0 Å². The fourth-order valence-electron chi connectivity index (χ4n) is 1.22. The topological polar surface area (TPSA) is 53.8 Å². The molecule has 2 rings (SSSR count). The van der Waals surface area contributed by atoms with Gasteiger partial charge in [0.1, 0.15) is 5.82 Å². The predicted molar refractivity (Wildman–Crippen MR) is 69.6 cm³/mol. The third-order valence-corrected chi connectivity index (χ3v) is 3.51. The zero-order valence-electron chi connectivity index (χ0n) is 9.08. The van der Waals surface area contributed by atoms with Gasteiger partial charge in [-0.25, -0.2) is 13.2 Å². The monoisotopic (exact) mass is 351 g/mol. The Morgan fingerprint density at radius 1 is 1.37 bits per heavy atom. The lowest BCUT2D eigenvalue weighted by atomic mass is 10.2. The maximum atomic E-state index is 13.4. The molecule has 1 N–H and O–H groups in total. The van der Waals surface area contributed by atoms with E-state index in [9.17, 15) is 18.0 Å². The van der Waals surface area contributed by atoms with Gasteiger partial charge in [0.15, 0.2) is 16.8 Å². The van der Waals surface area contributed by atoms with Gasteiger partial charge in [-0.2, -0.15) is 5.10 Å². The molecule has 9 heteroatoms. The number of rotatable bonds is 2. The third-order valence-electron chi connectivity index (χ3n) is 2.07. The maximum Gasteiger partial charge on any atom is 0.236 e. The number of hydrogen-bond acceptors (Lipinski definition) is 4. The second-order valence-electron chi connectivity index (χ2n) is 3.37. The Kier molecular flexibility index (Phi) is 4.25. The van der Waals surface area contributed by atoms with Crippen molar-refractivity contribution in [1.29, 1.82) is 0 Å². The van der Waals surface area contributed by atoms with Crippen LogP contribution < -0.4 is 5.32 Å². The van der Waals surface area contributed by atoms with E-state index in [1.54, 1.807) is 0 Å². The van der Waals surface area contributed by atoms with Crippen LogP contribution in [-0.2, 0) is 4.79 Å². The molecule has 1 aromatic carbocycles. The van der Waals surface area contributed by atoms with Crippen molar-refractivity contribution in [2.45, 2.75) is 0 Å². The number of amides is 1. The molecule has 100 valence electrons. The second kappa shape index (κ2) is 5.74. The Bertz CT molecular complexity index is 606. The van der Waals surface area contributed by atoms with Crippen LogP contribution in [0.4, 0.5) is 13.2 Å². The molecule has 19 heavy (non-hydrogen) atoms. The van der Waals surface area contributed by atoms with E-state index in [4.69, 9.17) is 0 Å². The molecule has 0 spiro atoms. The molecule has 0 unspecified atom stereocenters. The molecule has 0 saturated carbocycles. The standard InChI is InChI=1S/C10H5BrF3N3OS/c11-5-1-6(12)4(8(13)9(5)14)2-15-17-10-16-7(18)3-19-10/h1-2H,3H2,(H,16,17,18). The number of nitrogens with one attached hydrogen (secondary N) is 1. The van der Waals surface area contributed by atoms with Crippen LogP contribution >= 0.6 is 27.7 Å². The summed E-state index contributed by atoms with van der Waals surface area (Å²) in [6, 6.07) is 0.791. The van der Waals surface area contributed by atoms with E-state index in [0.717, 1.165) is 24.0 Å². The molecule has 4 nitrogen and oxygen atoms in total. The van der Waals surface area contributed by atoms with Crippen molar-refractivity contribution >= 4 is 45.0 Å². The quantitative estimate of drug-likeness (QED) is 0.385. The summed E-state index contributed by atoms with van der Waals surface area (Å²) >= 11 is 3.79. The Hall–Kier alpha value is -1.35. The van der Waals surface area contributed by atoms with Crippen molar-refractivity contribution in [1.82, 2.24) is 5.32 Å². The second-order valence-corrected chi connectivity index (χ2v) is 5.19. The molecule has 0 atom stereocenters. The van der Waals surface area contributed by atoms with E-state index in [0.29, 0.717) is 0 Å². The van der Waals surface area contributed by atoms with E-state index in [-0.39, 0.29) is 21.3 Å². The van der Waals surface area contributed by atoms with Crippen molar-refractivity contribution in [3.63, 3.8) is 0 Å². The third kappa shape index (κ3) is 3.16. The smallest absolute Gasteiger partial charge is 0.236 e. The Morgan fingerprint density at radius 2 is 2.11 bits per heavy atom. The summed E-state index contributed by atoms with van der Waals surface area (Å²) in [6.07, 6.45) is 0.748. The average molecular weight is 352 g/mol. The van der Waals surface area contributed by atoms with Gasteiger partial charge in [-0.15, -0.1) is 5.10 Å². The number of nitrogens with zero attached hydrogens (tertiary/aromatic N) is 2. The minimum Gasteiger partial charge on any atom is -0.303 e. The molecule has 0 aliphatic carbocycles. The van der Waals surface area contributed by atoms with E-state index >= 15 is 0 Å². The normalized spacial score (nSPS) is 17.5. The van der Waals surface area contributed by atoms with E-state index in [1.807, 2.05) is 0 Å². The lowest BCUT2D eigenvalue weighted by Crippen LogP contribution is -2.19. The molecule has 0 bridgehead atoms. The van der Waals surface area contributed by atoms with Crippen molar-refractivity contribution in [3.05, 3.63) is 33.6 Å². The largest absolute Gasteiger partial charge is 0.303 e. The van der Waals surface area contributed by atoms with E-state index < -0.39 is 23.0 Å². The van der Waals surface area contributed by atoms with Crippen LogP contribution in [0.3, 0.4) is 0 Å². The molecule has 1 saturated heterocycles. The first-order chi connectivity index (χ1) is 8.99. The molecule has 0 radical (unpaired) electrons. The van der Waals surface area contributed by atoms with Gasteiger partial charge in [0.05, 0.1) is 22.0 Å². The fourth-order valence-corrected chi connectivity index (χ4v) is 2.22. The van der Waals surface area contributed by atoms with Crippen LogP contribution in [0.15, 0.2) is 20.7 Å². The summed E-state index contributed by atoms with van der Waals surface area (Å²) in [5, 5.41) is 9.57. The van der Waals surface area contributed by atoms with Gasteiger partial charge < -0.3 is 5.32 Å². The number of carbonyl (C=O) groups excluding carboxylic acids is 1. The zero-order valence-corrected chi connectivity index (χ0v) is 11.5. The molecular weight excluding hydrogens is 347 g/mol. The Labute approximate surface area is 118 Å². The summed E-state index contributed by atoms with van der Waals surface area (Å²) in [7, 11) is 0. The first-order valence-electron chi connectivity index (χ1n) is 4.85. The van der Waals surface area contributed by atoms with Gasteiger partial charge >= 0.3 is 0 Å². The fraction of sp³-hybridized carbons (Fsp3) is 0.100. The summed E-state index contributed by atoms with van der Waals surface area (Å²) in [6.45, 7) is 0. The number of benzene rings is 1. The van der Waals surface area contributed by atoms with Crippen molar-refractivity contribution < 1.29 is 18.0 Å². The van der Waals surface area contributed by atoms with Gasteiger partial charge in [-0.3, -0.25) is 4.79 Å². The van der Waals surface area contributed by atoms with Gasteiger partial charge in [-0.05, 0) is 22.0 Å².